The van der Waals surface area contributed by atoms with E-state index in [0.717, 1.165) is 16.7 Å². The molecular formula is C25H28O4. The lowest BCUT2D eigenvalue weighted by molar-refractivity contribution is 0.283. The molecule has 0 radical (unpaired) electrons. The van der Waals surface area contributed by atoms with Crippen molar-refractivity contribution in [3.8, 4) is 5.75 Å². The van der Waals surface area contributed by atoms with Crippen molar-refractivity contribution in [2.75, 3.05) is 0 Å². The minimum absolute atomic E-state index is 0.0537. The molecule has 0 saturated heterocycles. The van der Waals surface area contributed by atoms with Crippen molar-refractivity contribution in [3.05, 3.63) is 75.0 Å². The second-order valence-corrected chi connectivity index (χ2v) is 8.32. The Morgan fingerprint density at radius 3 is 2.52 bits per heavy atom. The molecule has 0 bridgehead atoms. The van der Waals surface area contributed by atoms with Gasteiger partial charge in [0, 0.05) is 16.5 Å². The second-order valence-electron chi connectivity index (χ2n) is 8.32. The summed E-state index contributed by atoms with van der Waals surface area (Å²) in [6.07, 6.45) is 4.36. The Labute approximate surface area is 170 Å². The van der Waals surface area contributed by atoms with Crippen LogP contribution in [0.1, 0.15) is 49.9 Å². The van der Waals surface area contributed by atoms with Gasteiger partial charge >= 0.3 is 0 Å². The molecule has 0 fully saturated rings. The van der Waals surface area contributed by atoms with Crippen LogP contribution in [0.4, 0.5) is 0 Å². The molecular weight excluding hydrogens is 364 g/mol. The van der Waals surface area contributed by atoms with Crippen LogP contribution < -0.4 is 5.43 Å². The largest absolute Gasteiger partial charge is 0.507 e. The molecule has 1 heterocycles. The van der Waals surface area contributed by atoms with Crippen LogP contribution in [0.25, 0.3) is 21.9 Å². The van der Waals surface area contributed by atoms with Crippen molar-refractivity contribution >= 4 is 21.9 Å². The van der Waals surface area contributed by atoms with Crippen molar-refractivity contribution < 1.29 is 14.6 Å². The quantitative estimate of drug-likeness (QED) is 0.449. The number of benzene rings is 2. The smallest absolute Gasteiger partial charge is 0.204 e. The summed E-state index contributed by atoms with van der Waals surface area (Å²) in [6.45, 7) is 13.7. The molecule has 2 N–H and O–H groups in total. The van der Waals surface area contributed by atoms with Gasteiger partial charge in [-0.05, 0) is 44.4 Å². The summed E-state index contributed by atoms with van der Waals surface area (Å²) in [4.78, 5) is 13.5. The van der Waals surface area contributed by atoms with E-state index in [1.165, 1.54) is 0 Å². The second kappa shape index (κ2) is 7.53. The highest BCUT2D eigenvalue weighted by Gasteiger charge is 2.29. The Bertz CT molecular complexity index is 1210. The van der Waals surface area contributed by atoms with E-state index in [2.05, 4.69) is 6.58 Å². The molecule has 3 aromatic rings. The maximum absolute atomic E-state index is 13.5. The fourth-order valence-electron chi connectivity index (χ4n) is 3.91. The Kier molecular flexibility index (Phi) is 5.42. The van der Waals surface area contributed by atoms with Gasteiger partial charge in [0.05, 0.1) is 12.0 Å². The molecule has 1 aromatic heterocycles. The van der Waals surface area contributed by atoms with E-state index in [4.69, 9.17) is 4.42 Å². The normalized spacial score (nSPS) is 11.8. The molecule has 0 spiro atoms. The number of hydrogen-bond acceptors (Lipinski definition) is 4. The lowest BCUT2D eigenvalue weighted by Crippen LogP contribution is -2.19. The molecule has 0 amide bonds. The summed E-state index contributed by atoms with van der Waals surface area (Å²) < 4.78 is 6.20. The predicted molar refractivity (Wildman–Crippen MR) is 119 cm³/mol. The minimum Gasteiger partial charge on any atom is -0.507 e. The van der Waals surface area contributed by atoms with E-state index in [0.29, 0.717) is 34.1 Å². The average Bonchev–Trinajstić information content (AvgIpc) is 2.66. The maximum atomic E-state index is 13.5. The zero-order valence-electron chi connectivity index (χ0n) is 17.7. The SMILES string of the molecule is C=CC(C)(C)c1c(C)c(CC=C(C)C)c(O)c2c(=O)c3c(CO)cccc3oc12. The number of aliphatic hydroxyl groups is 1. The molecule has 2 aromatic carbocycles. The van der Waals surface area contributed by atoms with E-state index in [1.54, 1.807) is 18.2 Å². The molecule has 4 nitrogen and oxygen atoms in total. The van der Waals surface area contributed by atoms with E-state index in [1.807, 2.05) is 46.8 Å². The van der Waals surface area contributed by atoms with E-state index in [-0.39, 0.29) is 23.2 Å². The molecule has 29 heavy (non-hydrogen) atoms. The van der Waals surface area contributed by atoms with Crippen LogP contribution in [0.15, 0.2) is 51.7 Å². The van der Waals surface area contributed by atoms with Crippen LogP contribution in [0.2, 0.25) is 0 Å². The summed E-state index contributed by atoms with van der Waals surface area (Å²) >= 11 is 0. The molecule has 3 rings (SSSR count). The van der Waals surface area contributed by atoms with Gasteiger partial charge < -0.3 is 14.6 Å². The lowest BCUT2D eigenvalue weighted by atomic mass is 9.78. The van der Waals surface area contributed by atoms with Gasteiger partial charge in [-0.25, -0.2) is 0 Å². The van der Waals surface area contributed by atoms with Crippen molar-refractivity contribution in [2.45, 2.75) is 53.1 Å². The fourth-order valence-corrected chi connectivity index (χ4v) is 3.91. The standard InChI is InChI=1S/C25H28O4/c1-7-25(5,6)21-15(4)17(12-11-14(2)3)22(27)20-23(28)19-16(13-26)9-8-10-18(19)29-24(20)21/h7-11,26-27H,1,12-13H2,2-6H3. The van der Waals surface area contributed by atoms with Crippen LogP contribution in [-0.4, -0.2) is 10.2 Å². The van der Waals surface area contributed by atoms with Crippen molar-refractivity contribution in [1.82, 2.24) is 0 Å². The lowest BCUT2D eigenvalue weighted by Gasteiger charge is -2.26. The number of aromatic hydroxyl groups is 1. The van der Waals surface area contributed by atoms with Gasteiger partial charge in [-0.15, -0.1) is 6.58 Å². The number of phenols is 1. The number of aliphatic hydroxyl groups excluding tert-OH is 1. The third-order valence-corrected chi connectivity index (χ3v) is 5.62. The Morgan fingerprint density at radius 1 is 1.24 bits per heavy atom. The fraction of sp³-hybridized carbons (Fsp3) is 0.320. The number of hydrogen-bond donors (Lipinski definition) is 2. The number of rotatable bonds is 5. The van der Waals surface area contributed by atoms with Gasteiger partial charge in [-0.1, -0.05) is 43.7 Å². The summed E-state index contributed by atoms with van der Waals surface area (Å²) in [5.74, 6) is -0.0537. The zero-order chi connectivity index (χ0) is 21.5. The van der Waals surface area contributed by atoms with Crippen molar-refractivity contribution in [3.63, 3.8) is 0 Å². The minimum atomic E-state index is -0.478. The number of allylic oxidation sites excluding steroid dienone is 3. The van der Waals surface area contributed by atoms with Crippen LogP contribution >= 0.6 is 0 Å². The van der Waals surface area contributed by atoms with E-state index in [9.17, 15) is 15.0 Å². The predicted octanol–water partition coefficient (Wildman–Crippen LogP) is 5.42. The highest BCUT2D eigenvalue weighted by Crippen LogP contribution is 2.41. The van der Waals surface area contributed by atoms with E-state index >= 15 is 0 Å². The molecule has 0 unspecified atom stereocenters. The van der Waals surface area contributed by atoms with Gasteiger partial charge in [0.15, 0.2) is 0 Å². The first-order valence-electron chi connectivity index (χ1n) is 9.75. The molecule has 0 aliphatic heterocycles. The third kappa shape index (κ3) is 3.38. The van der Waals surface area contributed by atoms with Crippen molar-refractivity contribution in [1.29, 1.82) is 0 Å². The van der Waals surface area contributed by atoms with Crippen LogP contribution in [-0.2, 0) is 18.4 Å². The first-order valence-corrected chi connectivity index (χ1v) is 9.75. The summed E-state index contributed by atoms with van der Waals surface area (Å²) in [5.41, 5.74) is 4.00. The average molecular weight is 392 g/mol. The number of fused-ring (bicyclic) bond motifs is 2. The first-order chi connectivity index (χ1) is 13.6. The van der Waals surface area contributed by atoms with Gasteiger partial charge in [-0.2, -0.15) is 0 Å². The molecule has 4 heteroatoms. The van der Waals surface area contributed by atoms with Gasteiger partial charge in [0.2, 0.25) is 5.43 Å². The molecule has 152 valence electrons. The summed E-state index contributed by atoms with van der Waals surface area (Å²) in [7, 11) is 0. The molecule has 0 saturated carbocycles. The molecule has 0 atom stereocenters. The zero-order valence-corrected chi connectivity index (χ0v) is 17.7. The summed E-state index contributed by atoms with van der Waals surface area (Å²) in [6, 6.07) is 5.15. The highest BCUT2D eigenvalue weighted by atomic mass is 16.3. The Balaban J connectivity index is 2.62. The van der Waals surface area contributed by atoms with Crippen molar-refractivity contribution in [2.24, 2.45) is 0 Å². The van der Waals surface area contributed by atoms with Gasteiger partial charge in [-0.3, -0.25) is 4.79 Å². The van der Waals surface area contributed by atoms with Crippen LogP contribution in [0, 0.1) is 6.92 Å². The third-order valence-electron chi connectivity index (χ3n) is 5.62. The van der Waals surface area contributed by atoms with E-state index < -0.39 is 5.41 Å². The van der Waals surface area contributed by atoms with Crippen LogP contribution in [0.3, 0.4) is 0 Å². The monoisotopic (exact) mass is 392 g/mol. The summed E-state index contributed by atoms with van der Waals surface area (Å²) in [5, 5.41) is 21.3. The Morgan fingerprint density at radius 2 is 1.93 bits per heavy atom. The maximum Gasteiger partial charge on any atom is 0.204 e. The molecule has 0 aliphatic carbocycles. The first kappa shape index (κ1) is 20.9. The topological polar surface area (TPSA) is 70.7 Å². The van der Waals surface area contributed by atoms with Gasteiger partial charge in [0.1, 0.15) is 22.3 Å². The van der Waals surface area contributed by atoms with Gasteiger partial charge in [0.25, 0.3) is 0 Å². The highest BCUT2D eigenvalue weighted by molar-refractivity contribution is 5.98. The molecule has 0 aliphatic rings. The van der Waals surface area contributed by atoms with Crippen LogP contribution in [0.5, 0.6) is 5.75 Å². The Hall–Kier alpha value is -2.85. The number of phenolic OH excluding ortho intramolecular Hbond substituents is 1.